The van der Waals surface area contributed by atoms with E-state index >= 15 is 0 Å². The molecule has 1 heterocycles. The molecule has 0 fully saturated rings. The average Bonchev–Trinajstić information content (AvgIpc) is 2.95. The molecule has 7 nitrogen and oxygen atoms in total. The Balaban J connectivity index is 1.83. The maximum atomic E-state index is 14.0. The van der Waals surface area contributed by atoms with Gasteiger partial charge in [-0.3, -0.25) is 15.5 Å². The maximum Gasteiger partial charge on any atom is 0.254 e. The number of benzene rings is 2. The molecule has 1 aromatic heterocycles. The largest absolute Gasteiger partial charge is 0.481 e. The van der Waals surface area contributed by atoms with Crippen molar-refractivity contribution in [3.63, 3.8) is 0 Å². The van der Waals surface area contributed by atoms with Crippen molar-refractivity contribution in [2.75, 3.05) is 5.48 Å². The number of ether oxygens (including phenoxy) is 1. The summed E-state index contributed by atoms with van der Waals surface area (Å²) < 4.78 is 38.0. The van der Waals surface area contributed by atoms with E-state index in [1.54, 1.807) is 12.1 Å². The Morgan fingerprint density at radius 2 is 2.12 bits per heavy atom. The SMILES string of the molecule is NC(=O)c1c(F)ccc(OCc2nc3cc(NO)ccc3o2)c1F. The molecule has 0 aliphatic carbocycles. The predicted octanol–water partition coefficient (Wildman–Crippen LogP) is 2.58. The lowest BCUT2D eigenvalue weighted by Crippen LogP contribution is -2.16. The smallest absolute Gasteiger partial charge is 0.254 e. The number of carbonyl (C=O) groups excluding carboxylic acids is 1. The summed E-state index contributed by atoms with van der Waals surface area (Å²) in [6, 6.07) is 6.59. The fourth-order valence-corrected chi connectivity index (χ4v) is 2.12. The van der Waals surface area contributed by atoms with E-state index in [1.807, 2.05) is 5.48 Å². The van der Waals surface area contributed by atoms with Crippen LogP contribution in [0.5, 0.6) is 5.75 Å². The molecule has 0 aliphatic heterocycles. The van der Waals surface area contributed by atoms with Gasteiger partial charge in [-0.2, -0.15) is 0 Å². The Morgan fingerprint density at radius 1 is 1.33 bits per heavy atom. The third-order valence-corrected chi connectivity index (χ3v) is 3.21. The van der Waals surface area contributed by atoms with Crippen LogP contribution in [0.4, 0.5) is 14.5 Å². The lowest BCUT2D eigenvalue weighted by Gasteiger charge is -2.07. The summed E-state index contributed by atoms with van der Waals surface area (Å²) >= 11 is 0. The van der Waals surface area contributed by atoms with Crippen molar-refractivity contribution in [3.8, 4) is 5.75 Å². The molecule has 1 amide bonds. The van der Waals surface area contributed by atoms with Gasteiger partial charge in [0, 0.05) is 0 Å². The number of hydrogen-bond donors (Lipinski definition) is 3. The zero-order chi connectivity index (χ0) is 17.3. The van der Waals surface area contributed by atoms with Crippen molar-refractivity contribution >= 4 is 22.7 Å². The Kier molecular flexibility index (Phi) is 4.00. The standard InChI is InChI=1S/C15H11F2N3O4/c16-8-2-4-11(14(17)13(8)15(18)21)23-6-12-19-9-5-7(20-22)1-3-10(9)24-12/h1-5,20,22H,6H2,(H2,18,21). The van der Waals surface area contributed by atoms with E-state index in [9.17, 15) is 13.6 Å². The number of nitrogens with one attached hydrogen (secondary N) is 1. The highest BCUT2D eigenvalue weighted by Gasteiger charge is 2.19. The van der Waals surface area contributed by atoms with E-state index in [2.05, 4.69) is 4.98 Å². The van der Waals surface area contributed by atoms with Gasteiger partial charge in [-0.25, -0.2) is 13.8 Å². The Bertz CT molecular complexity index is 926. The number of primary amides is 1. The van der Waals surface area contributed by atoms with Crippen LogP contribution in [0.3, 0.4) is 0 Å². The molecule has 3 aromatic rings. The summed E-state index contributed by atoms with van der Waals surface area (Å²) in [6.07, 6.45) is 0. The molecular formula is C15H11F2N3O4. The number of rotatable bonds is 5. The van der Waals surface area contributed by atoms with Gasteiger partial charge in [0.1, 0.15) is 16.9 Å². The van der Waals surface area contributed by atoms with E-state index in [1.165, 1.54) is 6.07 Å². The quantitative estimate of drug-likeness (QED) is 0.618. The molecule has 124 valence electrons. The van der Waals surface area contributed by atoms with E-state index < -0.39 is 23.1 Å². The van der Waals surface area contributed by atoms with Crippen molar-refractivity contribution in [2.45, 2.75) is 6.61 Å². The van der Waals surface area contributed by atoms with Crippen LogP contribution in [0, 0.1) is 11.6 Å². The van der Waals surface area contributed by atoms with Crippen LogP contribution >= 0.6 is 0 Å². The Morgan fingerprint density at radius 3 is 2.83 bits per heavy atom. The van der Waals surface area contributed by atoms with Gasteiger partial charge in [-0.05, 0) is 30.3 Å². The topological polar surface area (TPSA) is 111 Å². The van der Waals surface area contributed by atoms with Crippen LogP contribution in [-0.4, -0.2) is 16.1 Å². The van der Waals surface area contributed by atoms with Gasteiger partial charge in [0.25, 0.3) is 5.91 Å². The van der Waals surface area contributed by atoms with Crippen molar-refractivity contribution in [1.82, 2.24) is 4.98 Å². The Labute approximate surface area is 133 Å². The second-order valence-electron chi connectivity index (χ2n) is 4.79. The fraction of sp³-hybridized carbons (Fsp3) is 0.0667. The summed E-state index contributed by atoms with van der Waals surface area (Å²) in [7, 11) is 0. The molecule has 4 N–H and O–H groups in total. The molecule has 9 heteroatoms. The van der Waals surface area contributed by atoms with E-state index in [0.717, 1.165) is 12.1 Å². The normalized spacial score (nSPS) is 10.8. The number of nitrogens with two attached hydrogens (primary N) is 1. The summed E-state index contributed by atoms with van der Waals surface area (Å²) in [4.78, 5) is 15.2. The van der Waals surface area contributed by atoms with E-state index in [0.29, 0.717) is 16.8 Å². The van der Waals surface area contributed by atoms with Crippen molar-refractivity contribution in [3.05, 3.63) is 53.4 Å². The molecule has 0 saturated heterocycles. The highest BCUT2D eigenvalue weighted by Crippen LogP contribution is 2.25. The van der Waals surface area contributed by atoms with Gasteiger partial charge < -0.3 is 14.9 Å². The molecule has 0 aliphatic rings. The first kappa shape index (κ1) is 15.7. The van der Waals surface area contributed by atoms with Gasteiger partial charge in [0.05, 0.1) is 5.69 Å². The lowest BCUT2D eigenvalue weighted by molar-refractivity contribution is 0.0991. The molecule has 0 atom stereocenters. The van der Waals surface area contributed by atoms with Crippen molar-refractivity contribution in [1.29, 1.82) is 0 Å². The molecule has 0 spiro atoms. The van der Waals surface area contributed by atoms with Gasteiger partial charge >= 0.3 is 0 Å². The number of carbonyl (C=O) groups is 1. The molecule has 2 aromatic carbocycles. The second kappa shape index (κ2) is 6.13. The molecule has 0 radical (unpaired) electrons. The number of hydrogen-bond acceptors (Lipinski definition) is 6. The second-order valence-corrected chi connectivity index (χ2v) is 4.79. The first-order chi connectivity index (χ1) is 11.5. The van der Waals surface area contributed by atoms with E-state index in [4.69, 9.17) is 20.1 Å². The van der Waals surface area contributed by atoms with Gasteiger partial charge in [0.2, 0.25) is 5.89 Å². The third kappa shape index (κ3) is 2.84. The molecular weight excluding hydrogens is 324 g/mol. The maximum absolute atomic E-state index is 14.0. The minimum absolute atomic E-state index is 0.129. The summed E-state index contributed by atoms with van der Waals surface area (Å²) in [6.45, 7) is -0.253. The highest BCUT2D eigenvalue weighted by molar-refractivity contribution is 5.93. The third-order valence-electron chi connectivity index (χ3n) is 3.21. The predicted molar refractivity (Wildman–Crippen MR) is 78.6 cm³/mol. The molecule has 24 heavy (non-hydrogen) atoms. The van der Waals surface area contributed by atoms with Crippen LogP contribution in [0.2, 0.25) is 0 Å². The molecule has 0 saturated carbocycles. The van der Waals surface area contributed by atoms with Gasteiger partial charge in [-0.15, -0.1) is 0 Å². The lowest BCUT2D eigenvalue weighted by atomic mass is 10.1. The average molecular weight is 335 g/mol. The van der Waals surface area contributed by atoms with Crippen molar-refractivity contribution in [2.24, 2.45) is 5.73 Å². The zero-order valence-corrected chi connectivity index (χ0v) is 12.0. The van der Waals surface area contributed by atoms with E-state index in [-0.39, 0.29) is 18.2 Å². The fourth-order valence-electron chi connectivity index (χ4n) is 2.12. The monoisotopic (exact) mass is 335 g/mol. The number of fused-ring (bicyclic) bond motifs is 1. The first-order valence-corrected chi connectivity index (χ1v) is 6.69. The number of aromatic nitrogens is 1. The summed E-state index contributed by atoms with van der Waals surface area (Å²) in [5.74, 6) is -3.72. The van der Waals surface area contributed by atoms with Crippen LogP contribution in [0.1, 0.15) is 16.2 Å². The van der Waals surface area contributed by atoms with Crippen LogP contribution < -0.4 is 16.0 Å². The minimum Gasteiger partial charge on any atom is -0.481 e. The Hall–Kier alpha value is -3.20. The molecule has 0 bridgehead atoms. The number of nitrogens with zero attached hydrogens (tertiary/aromatic N) is 1. The van der Waals surface area contributed by atoms with Crippen LogP contribution in [0.25, 0.3) is 11.1 Å². The number of amides is 1. The zero-order valence-electron chi connectivity index (χ0n) is 12.0. The van der Waals surface area contributed by atoms with Crippen LogP contribution in [-0.2, 0) is 6.61 Å². The van der Waals surface area contributed by atoms with Crippen LogP contribution in [0.15, 0.2) is 34.7 Å². The van der Waals surface area contributed by atoms with Gasteiger partial charge in [-0.1, -0.05) is 0 Å². The van der Waals surface area contributed by atoms with Crippen molar-refractivity contribution < 1.29 is 27.9 Å². The van der Waals surface area contributed by atoms with Gasteiger partial charge in [0.15, 0.2) is 23.8 Å². The summed E-state index contributed by atoms with van der Waals surface area (Å²) in [5.41, 5.74) is 7.34. The number of halogens is 2. The molecule has 3 rings (SSSR count). The molecule has 0 unspecified atom stereocenters. The number of anilines is 1. The number of oxazole rings is 1. The summed E-state index contributed by atoms with van der Waals surface area (Å²) in [5, 5.41) is 8.84. The highest BCUT2D eigenvalue weighted by atomic mass is 19.1. The first-order valence-electron chi connectivity index (χ1n) is 6.69. The minimum atomic E-state index is -1.23.